The summed E-state index contributed by atoms with van der Waals surface area (Å²) in [6.07, 6.45) is 1.78. The normalized spacial score (nSPS) is 14.8. The highest BCUT2D eigenvalue weighted by molar-refractivity contribution is 8.26. The fourth-order valence-corrected chi connectivity index (χ4v) is 5.90. The average molecular weight is 533 g/mol. The van der Waals surface area contributed by atoms with E-state index in [1.165, 1.54) is 39.8 Å². The number of anilines is 1. The summed E-state index contributed by atoms with van der Waals surface area (Å²) >= 11 is 15.2. The number of amides is 2. The lowest BCUT2D eigenvalue weighted by Crippen LogP contribution is -2.36. The zero-order valence-corrected chi connectivity index (χ0v) is 21.3. The topological polar surface area (TPSA) is 75.2 Å². The van der Waals surface area contributed by atoms with Crippen LogP contribution in [0.5, 0.6) is 0 Å². The molecule has 33 heavy (non-hydrogen) atoms. The molecule has 0 atom stereocenters. The molecule has 1 fully saturated rings. The van der Waals surface area contributed by atoms with Gasteiger partial charge in [-0.3, -0.25) is 19.8 Å². The molecule has 1 saturated heterocycles. The van der Waals surface area contributed by atoms with E-state index in [1.807, 2.05) is 55.5 Å². The predicted molar refractivity (Wildman–Crippen MR) is 141 cm³/mol. The molecule has 2 heterocycles. The van der Waals surface area contributed by atoms with E-state index in [1.54, 1.807) is 6.08 Å². The van der Waals surface area contributed by atoms with Gasteiger partial charge in [-0.1, -0.05) is 101 Å². The standard InChI is InChI=1S/C22H17ClN4O2S4/c1-13-2-4-14(5-3-13)10-17-19(29)27(22(30)32-17)11-18(28)24-20-25-26-21(33-20)31-12-15-6-8-16(23)9-7-15/h2-10H,11-12H2,1H3,(H,24,25,28)/b17-10-. The molecule has 1 N–H and O–H groups in total. The zero-order chi connectivity index (χ0) is 23.4. The molecule has 0 unspecified atom stereocenters. The van der Waals surface area contributed by atoms with Crippen LogP contribution in [0.15, 0.2) is 57.8 Å². The second-order valence-corrected chi connectivity index (χ2v) is 11.3. The molecule has 11 heteroatoms. The monoisotopic (exact) mass is 532 g/mol. The van der Waals surface area contributed by atoms with Crippen molar-refractivity contribution in [1.29, 1.82) is 0 Å². The van der Waals surface area contributed by atoms with Crippen molar-refractivity contribution in [2.24, 2.45) is 0 Å². The number of thioether (sulfide) groups is 2. The zero-order valence-electron chi connectivity index (χ0n) is 17.3. The van der Waals surface area contributed by atoms with E-state index in [2.05, 4.69) is 15.5 Å². The maximum Gasteiger partial charge on any atom is 0.266 e. The fraction of sp³-hybridized carbons (Fsp3) is 0.136. The predicted octanol–water partition coefficient (Wildman–Crippen LogP) is 5.63. The molecule has 6 nitrogen and oxygen atoms in total. The maximum atomic E-state index is 12.8. The largest absolute Gasteiger partial charge is 0.299 e. The molecule has 3 aromatic rings. The molecule has 1 aliphatic heterocycles. The highest BCUT2D eigenvalue weighted by Crippen LogP contribution is 2.33. The second kappa shape index (κ2) is 10.8. The van der Waals surface area contributed by atoms with Crippen LogP contribution in [0.1, 0.15) is 16.7 Å². The van der Waals surface area contributed by atoms with Crippen molar-refractivity contribution in [3.63, 3.8) is 0 Å². The van der Waals surface area contributed by atoms with Gasteiger partial charge >= 0.3 is 0 Å². The van der Waals surface area contributed by atoms with Gasteiger partial charge in [-0.2, -0.15) is 0 Å². The highest BCUT2D eigenvalue weighted by Gasteiger charge is 2.33. The van der Waals surface area contributed by atoms with Crippen LogP contribution < -0.4 is 5.32 Å². The number of benzene rings is 2. The lowest BCUT2D eigenvalue weighted by Gasteiger charge is -2.13. The van der Waals surface area contributed by atoms with Crippen LogP contribution in [-0.4, -0.2) is 37.8 Å². The number of hydrogen-bond acceptors (Lipinski definition) is 8. The van der Waals surface area contributed by atoms with Crippen LogP contribution in [0, 0.1) is 6.92 Å². The Bertz CT molecular complexity index is 1230. The van der Waals surface area contributed by atoms with Crippen LogP contribution in [0.25, 0.3) is 6.08 Å². The Labute approximate surface area is 213 Å². The number of carbonyl (C=O) groups excluding carboxylic acids is 2. The Kier molecular flexibility index (Phi) is 7.82. The van der Waals surface area contributed by atoms with Gasteiger partial charge in [-0.05, 0) is 36.3 Å². The van der Waals surface area contributed by atoms with Crippen molar-refractivity contribution in [2.45, 2.75) is 17.0 Å². The number of aromatic nitrogens is 2. The SMILES string of the molecule is Cc1ccc(/C=C2\SC(=S)N(CC(=O)Nc3nnc(SCc4ccc(Cl)cc4)s3)C2=O)cc1. The Hall–Kier alpha value is -2.24. The molecule has 0 bridgehead atoms. The van der Waals surface area contributed by atoms with Crippen LogP contribution in [0.3, 0.4) is 0 Å². The number of carbonyl (C=O) groups is 2. The summed E-state index contributed by atoms with van der Waals surface area (Å²) in [6, 6.07) is 15.4. The molecule has 1 aromatic heterocycles. The highest BCUT2D eigenvalue weighted by atomic mass is 35.5. The molecule has 4 rings (SSSR count). The lowest BCUT2D eigenvalue weighted by atomic mass is 10.1. The Morgan fingerprint density at radius 1 is 1.18 bits per heavy atom. The summed E-state index contributed by atoms with van der Waals surface area (Å²) in [4.78, 5) is 27.1. The van der Waals surface area contributed by atoms with Crippen molar-refractivity contribution < 1.29 is 9.59 Å². The van der Waals surface area contributed by atoms with Crippen LogP contribution in [0.4, 0.5) is 5.13 Å². The van der Waals surface area contributed by atoms with Crippen LogP contribution in [0.2, 0.25) is 5.02 Å². The molecule has 0 radical (unpaired) electrons. The van der Waals surface area contributed by atoms with E-state index in [0.29, 0.717) is 25.1 Å². The van der Waals surface area contributed by atoms with Gasteiger partial charge in [0.15, 0.2) is 4.34 Å². The third-order valence-corrected chi connectivity index (χ3v) is 8.15. The van der Waals surface area contributed by atoms with Crippen LogP contribution >= 0.6 is 58.7 Å². The van der Waals surface area contributed by atoms with Crippen molar-refractivity contribution >= 4 is 86.0 Å². The van der Waals surface area contributed by atoms with Gasteiger partial charge in [0.25, 0.3) is 5.91 Å². The van der Waals surface area contributed by atoms with E-state index >= 15 is 0 Å². The number of hydrogen-bond donors (Lipinski definition) is 1. The van der Waals surface area contributed by atoms with Gasteiger partial charge in [0.1, 0.15) is 10.9 Å². The maximum absolute atomic E-state index is 12.8. The van der Waals surface area contributed by atoms with Gasteiger partial charge in [0, 0.05) is 10.8 Å². The summed E-state index contributed by atoms with van der Waals surface area (Å²) in [5, 5.41) is 11.9. The third kappa shape index (κ3) is 6.42. The van der Waals surface area contributed by atoms with Crippen molar-refractivity contribution in [3.05, 3.63) is 75.1 Å². The quantitative estimate of drug-likeness (QED) is 0.183. The fourth-order valence-electron chi connectivity index (χ4n) is 2.80. The first-order chi connectivity index (χ1) is 15.9. The summed E-state index contributed by atoms with van der Waals surface area (Å²) in [5.74, 6) is 0.0503. The summed E-state index contributed by atoms with van der Waals surface area (Å²) < 4.78 is 1.08. The van der Waals surface area contributed by atoms with E-state index in [4.69, 9.17) is 23.8 Å². The number of aryl methyl sites for hydroxylation is 1. The second-order valence-electron chi connectivity index (χ2n) is 7.01. The summed E-state index contributed by atoms with van der Waals surface area (Å²) in [6.45, 7) is 1.82. The minimum Gasteiger partial charge on any atom is -0.299 e. The minimum atomic E-state index is -0.381. The van der Waals surface area contributed by atoms with Crippen LogP contribution in [-0.2, 0) is 15.3 Å². The molecule has 1 aliphatic rings. The van der Waals surface area contributed by atoms with E-state index < -0.39 is 0 Å². The van der Waals surface area contributed by atoms with Gasteiger partial charge in [-0.25, -0.2) is 0 Å². The van der Waals surface area contributed by atoms with Gasteiger partial charge in [0.2, 0.25) is 11.0 Å². The van der Waals surface area contributed by atoms with E-state index in [-0.39, 0.29) is 18.4 Å². The van der Waals surface area contributed by atoms with Gasteiger partial charge < -0.3 is 0 Å². The summed E-state index contributed by atoms with van der Waals surface area (Å²) in [7, 11) is 0. The number of nitrogens with one attached hydrogen (secondary N) is 1. The molecule has 168 valence electrons. The van der Waals surface area contributed by atoms with Crippen molar-refractivity contribution in [3.8, 4) is 0 Å². The average Bonchev–Trinajstić information content (AvgIpc) is 3.34. The number of rotatable bonds is 7. The first-order valence-electron chi connectivity index (χ1n) is 9.70. The van der Waals surface area contributed by atoms with Gasteiger partial charge in [0.05, 0.1) is 4.91 Å². The minimum absolute atomic E-state index is 0.178. The molecule has 0 spiro atoms. The van der Waals surface area contributed by atoms with Crippen molar-refractivity contribution in [1.82, 2.24) is 15.1 Å². The van der Waals surface area contributed by atoms with E-state index in [0.717, 1.165) is 21.0 Å². The number of thiocarbonyl (C=S) groups is 1. The molecular weight excluding hydrogens is 516 g/mol. The third-order valence-electron chi connectivity index (χ3n) is 4.48. The Balaban J connectivity index is 1.32. The first kappa shape index (κ1) is 23.9. The Morgan fingerprint density at radius 3 is 2.64 bits per heavy atom. The van der Waals surface area contributed by atoms with Gasteiger partial charge in [-0.15, -0.1) is 10.2 Å². The lowest BCUT2D eigenvalue weighted by molar-refractivity contribution is -0.126. The van der Waals surface area contributed by atoms with Crippen molar-refractivity contribution in [2.75, 3.05) is 11.9 Å². The van der Waals surface area contributed by atoms with E-state index in [9.17, 15) is 9.59 Å². The first-order valence-corrected chi connectivity index (χ1v) is 13.1. The smallest absolute Gasteiger partial charge is 0.266 e. The molecule has 0 saturated carbocycles. The number of halogens is 1. The molecular formula is C22H17ClN4O2S4. The molecule has 2 aromatic carbocycles. The molecule has 0 aliphatic carbocycles. The Morgan fingerprint density at radius 2 is 1.91 bits per heavy atom. The molecule has 2 amide bonds. The summed E-state index contributed by atoms with van der Waals surface area (Å²) in [5.41, 5.74) is 3.15. The number of nitrogens with zero attached hydrogens (tertiary/aromatic N) is 3.